The molecule has 7 aromatic carbocycles. The fraction of sp³-hybridized carbons (Fsp3) is 0. The van der Waals surface area contributed by atoms with Gasteiger partial charge in [0.15, 0.2) is 5.82 Å². The number of furan rings is 1. The van der Waals surface area contributed by atoms with Crippen LogP contribution in [-0.4, -0.2) is 19.9 Å². The molecule has 55 heavy (non-hydrogen) atoms. The van der Waals surface area contributed by atoms with Crippen molar-refractivity contribution in [3.63, 3.8) is 0 Å². The molecule has 256 valence electrons. The molecule has 11 aromatic rings. The van der Waals surface area contributed by atoms with Crippen LogP contribution in [0.4, 0.5) is 0 Å². The predicted octanol–water partition coefficient (Wildman–Crippen LogP) is 13.0. The number of benzene rings is 7. The van der Waals surface area contributed by atoms with Crippen molar-refractivity contribution in [2.24, 2.45) is 0 Å². The van der Waals surface area contributed by atoms with Gasteiger partial charge in [-0.15, -0.1) is 0 Å². The maximum atomic E-state index is 6.20. The Balaban J connectivity index is 1.01. The van der Waals surface area contributed by atoms with Gasteiger partial charge in [0.05, 0.1) is 33.6 Å². The molecule has 5 heteroatoms. The fourth-order valence-corrected chi connectivity index (χ4v) is 7.80. The normalized spacial score (nSPS) is 11.6. The van der Waals surface area contributed by atoms with Crippen LogP contribution in [-0.2, 0) is 0 Å². The molecule has 0 aliphatic heterocycles. The van der Waals surface area contributed by atoms with Gasteiger partial charge in [-0.3, -0.25) is 0 Å². The van der Waals surface area contributed by atoms with E-state index in [1.807, 2.05) is 54.6 Å². The Kier molecular flexibility index (Phi) is 7.10. The number of hydrogen-bond donors (Lipinski definition) is 0. The Labute approximate surface area is 316 Å². The minimum Gasteiger partial charge on any atom is -0.456 e. The molecular formula is C50H30N4O. The summed E-state index contributed by atoms with van der Waals surface area (Å²) >= 11 is 0. The molecule has 4 heterocycles. The summed E-state index contributed by atoms with van der Waals surface area (Å²) in [6, 6.07) is 62.6. The maximum absolute atomic E-state index is 6.20. The molecule has 0 saturated carbocycles. The molecule has 0 fully saturated rings. The van der Waals surface area contributed by atoms with Crippen LogP contribution >= 0.6 is 0 Å². The summed E-state index contributed by atoms with van der Waals surface area (Å²) in [5.41, 5.74) is 13.3. The van der Waals surface area contributed by atoms with Gasteiger partial charge in [-0.05, 0) is 29.8 Å². The molecule has 0 aliphatic rings. The Bertz CT molecular complexity index is 3250. The van der Waals surface area contributed by atoms with Crippen molar-refractivity contribution in [1.29, 1.82) is 0 Å². The fourth-order valence-electron chi connectivity index (χ4n) is 7.80. The van der Waals surface area contributed by atoms with E-state index in [0.29, 0.717) is 5.82 Å². The topological polar surface area (TPSA) is 64.7 Å². The van der Waals surface area contributed by atoms with Gasteiger partial charge in [-0.25, -0.2) is 19.9 Å². The van der Waals surface area contributed by atoms with Crippen molar-refractivity contribution in [2.45, 2.75) is 0 Å². The number of rotatable bonds is 5. The number of para-hydroxylation sites is 2. The molecule has 11 rings (SSSR count). The van der Waals surface area contributed by atoms with Crippen LogP contribution in [0.5, 0.6) is 0 Å². The molecule has 5 nitrogen and oxygen atoms in total. The van der Waals surface area contributed by atoms with E-state index in [9.17, 15) is 0 Å². The zero-order valence-corrected chi connectivity index (χ0v) is 29.5. The van der Waals surface area contributed by atoms with Gasteiger partial charge < -0.3 is 4.42 Å². The van der Waals surface area contributed by atoms with Gasteiger partial charge >= 0.3 is 0 Å². The van der Waals surface area contributed by atoms with Crippen LogP contribution in [0.25, 0.3) is 111 Å². The highest BCUT2D eigenvalue weighted by atomic mass is 16.3. The highest BCUT2D eigenvalue weighted by molar-refractivity contribution is 6.13. The van der Waals surface area contributed by atoms with Crippen molar-refractivity contribution in [2.75, 3.05) is 0 Å². The molecule has 0 atom stereocenters. The van der Waals surface area contributed by atoms with Crippen LogP contribution in [0, 0.1) is 0 Å². The second kappa shape index (κ2) is 12.6. The Morgan fingerprint density at radius 2 is 0.909 bits per heavy atom. The highest BCUT2D eigenvalue weighted by Gasteiger charge is 2.17. The van der Waals surface area contributed by atoms with Crippen molar-refractivity contribution in [3.05, 3.63) is 182 Å². The van der Waals surface area contributed by atoms with E-state index in [4.69, 9.17) is 24.4 Å². The summed E-state index contributed by atoms with van der Waals surface area (Å²) < 4.78 is 6.20. The van der Waals surface area contributed by atoms with E-state index < -0.39 is 0 Å². The summed E-state index contributed by atoms with van der Waals surface area (Å²) in [4.78, 5) is 20.8. The largest absolute Gasteiger partial charge is 0.456 e. The third-order valence-corrected chi connectivity index (χ3v) is 10.5. The van der Waals surface area contributed by atoms with E-state index in [1.165, 1.54) is 0 Å². The monoisotopic (exact) mass is 702 g/mol. The van der Waals surface area contributed by atoms with Crippen molar-refractivity contribution in [1.82, 2.24) is 19.9 Å². The lowest BCUT2D eigenvalue weighted by Crippen LogP contribution is -1.96. The zero-order valence-electron chi connectivity index (χ0n) is 29.5. The van der Waals surface area contributed by atoms with Crippen molar-refractivity contribution >= 4 is 54.6 Å². The van der Waals surface area contributed by atoms with Gasteiger partial charge in [0.1, 0.15) is 11.2 Å². The number of fused-ring (bicyclic) bond motifs is 7. The van der Waals surface area contributed by atoms with E-state index in [0.717, 1.165) is 105 Å². The van der Waals surface area contributed by atoms with Gasteiger partial charge in [-0.1, -0.05) is 158 Å². The molecule has 0 N–H and O–H groups in total. The maximum Gasteiger partial charge on any atom is 0.160 e. The van der Waals surface area contributed by atoms with Crippen LogP contribution in [0.15, 0.2) is 186 Å². The lowest BCUT2D eigenvalue weighted by molar-refractivity contribution is 0.669. The Hall–Kier alpha value is -7.50. The lowest BCUT2D eigenvalue weighted by Gasteiger charge is -2.13. The molecule has 0 radical (unpaired) electrons. The first-order valence-electron chi connectivity index (χ1n) is 18.4. The summed E-state index contributed by atoms with van der Waals surface area (Å²) in [6.07, 6.45) is 0. The number of nitrogens with zero attached hydrogens (tertiary/aromatic N) is 4. The average molecular weight is 703 g/mol. The molecule has 0 bridgehead atoms. The number of pyridine rings is 2. The van der Waals surface area contributed by atoms with E-state index in [-0.39, 0.29) is 0 Å². The molecule has 0 spiro atoms. The Morgan fingerprint density at radius 1 is 0.327 bits per heavy atom. The molecule has 0 unspecified atom stereocenters. The van der Waals surface area contributed by atoms with Gasteiger partial charge in [0, 0.05) is 54.7 Å². The van der Waals surface area contributed by atoms with E-state index in [1.54, 1.807) is 0 Å². The minimum absolute atomic E-state index is 0.704. The van der Waals surface area contributed by atoms with Crippen LogP contribution < -0.4 is 0 Å². The van der Waals surface area contributed by atoms with Gasteiger partial charge in [0.25, 0.3) is 0 Å². The smallest absolute Gasteiger partial charge is 0.160 e. The summed E-state index contributed by atoms with van der Waals surface area (Å²) in [6.45, 7) is 0. The molecule has 0 amide bonds. The second-order valence-corrected chi connectivity index (χ2v) is 13.8. The SMILES string of the molecule is c1ccc(-c2nc(-c3ccccc3)c3cccc(-c4ccc(-c5ccc6ccc7ccc(-c8cccc9oc%10ccccc%10c89)nc7c6n5)cc4)c3n2)cc1. The first-order chi connectivity index (χ1) is 27.2. The lowest BCUT2D eigenvalue weighted by atomic mass is 9.97. The van der Waals surface area contributed by atoms with E-state index >= 15 is 0 Å². The standard InChI is InChI=1S/C50H30N4O/c1-3-11-33(12-4-1)46-40-18-9-16-37(49(40)54-50(53-46)36-13-5-2-6-14-36)31-21-23-32(24-22-31)41-29-27-34-25-26-35-28-30-42(52-48(35)47(34)51-41)38-17-10-20-44-45(38)39-15-7-8-19-43(39)55-44/h1-30H. The number of aromatic nitrogens is 4. The van der Waals surface area contributed by atoms with Crippen molar-refractivity contribution in [3.8, 4) is 56.3 Å². The summed E-state index contributed by atoms with van der Waals surface area (Å²) in [7, 11) is 0. The zero-order chi connectivity index (χ0) is 36.3. The van der Waals surface area contributed by atoms with Gasteiger partial charge in [0.2, 0.25) is 0 Å². The molecule has 0 aliphatic carbocycles. The van der Waals surface area contributed by atoms with Crippen molar-refractivity contribution < 1.29 is 4.42 Å². The van der Waals surface area contributed by atoms with Crippen LogP contribution in [0.2, 0.25) is 0 Å². The first-order valence-corrected chi connectivity index (χ1v) is 18.4. The van der Waals surface area contributed by atoms with Crippen LogP contribution in [0.1, 0.15) is 0 Å². The highest BCUT2D eigenvalue weighted by Crippen LogP contribution is 2.38. The first kappa shape index (κ1) is 31.1. The van der Waals surface area contributed by atoms with Gasteiger partial charge in [-0.2, -0.15) is 0 Å². The average Bonchev–Trinajstić information content (AvgIpc) is 3.65. The number of hydrogen-bond acceptors (Lipinski definition) is 5. The third-order valence-electron chi connectivity index (χ3n) is 10.5. The minimum atomic E-state index is 0.704. The third kappa shape index (κ3) is 5.24. The quantitative estimate of drug-likeness (QED) is 0.167. The Morgan fingerprint density at radius 3 is 1.69 bits per heavy atom. The van der Waals surface area contributed by atoms with Crippen LogP contribution in [0.3, 0.4) is 0 Å². The molecule has 0 saturated heterocycles. The predicted molar refractivity (Wildman–Crippen MR) is 225 cm³/mol. The second-order valence-electron chi connectivity index (χ2n) is 13.8. The molecule has 4 aromatic heterocycles. The molecular weight excluding hydrogens is 673 g/mol. The summed E-state index contributed by atoms with van der Waals surface area (Å²) in [5.74, 6) is 0.704. The van der Waals surface area contributed by atoms with E-state index in [2.05, 4.69) is 127 Å². The summed E-state index contributed by atoms with van der Waals surface area (Å²) in [5, 5.41) is 5.26.